The van der Waals surface area contributed by atoms with E-state index >= 15 is 0 Å². The number of benzene rings is 1. The molecule has 2 aromatic heterocycles. The van der Waals surface area contributed by atoms with Crippen molar-refractivity contribution in [1.29, 1.82) is 0 Å². The lowest BCUT2D eigenvalue weighted by molar-refractivity contribution is -0.137. The number of amides is 3. The molecule has 1 unspecified atom stereocenters. The summed E-state index contributed by atoms with van der Waals surface area (Å²) in [6, 6.07) is 7.56. The molecule has 0 aliphatic carbocycles. The zero-order chi connectivity index (χ0) is 28.2. The molecule has 208 valence electrons. The van der Waals surface area contributed by atoms with Crippen LogP contribution in [0.2, 0.25) is 0 Å². The second-order valence-corrected chi connectivity index (χ2v) is 11.4. The number of carbonyl (C=O) groups excluding carboxylic acids is 3. The number of nitrogens with one attached hydrogen (secondary N) is 1. The van der Waals surface area contributed by atoms with Gasteiger partial charge in [-0.15, -0.1) is 0 Å². The van der Waals surface area contributed by atoms with Crippen molar-refractivity contribution in [1.82, 2.24) is 30.2 Å². The van der Waals surface area contributed by atoms with Gasteiger partial charge < -0.3 is 14.5 Å². The summed E-state index contributed by atoms with van der Waals surface area (Å²) in [6.07, 6.45) is 1.99. The molecule has 2 saturated heterocycles. The topological polar surface area (TPSA) is 142 Å². The van der Waals surface area contributed by atoms with Gasteiger partial charge in [-0.25, -0.2) is 4.39 Å². The third-order valence-corrected chi connectivity index (χ3v) is 8.37. The van der Waals surface area contributed by atoms with Gasteiger partial charge in [0, 0.05) is 31.5 Å². The molecule has 3 aliphatic rings. The third kappa shape index (κ3) is 4.37. The number of piperidine rings is 2. The molecule has 0 radical (unpaired) electrons. The number of carbonyl (C=O) groups is 3. The van der Waals surface area contributed by atoms with Crippen LogP contribution in [-0.4, -0.2) is 66.9 Å². The van der Waals surface area contributed by atoms with Crippen molar-refractivity contribution in [2.24, 2.45) is 5.41 Å². The molecule has 6 rings (SSSR count). The van der Waals surface area contributed by atoms with Crippen molar-refractivity contribution < 1.29 is 28.4 Å². The number of aromatic nitrogens is 3. The summed E-state index contributed by atoms with van der Waals surface area (Å²) < 4.78 is 19.4. The zero-order valence-corrected chi connectivity index (χ0v) is 22.2. The van der Waals surface area contributed by atoms with Gasteiger partial charge >= 0.3 is 0 Å². The molecule has 0 bridgehead atoms. The van der Waals surface area contributed by atoms with Crippen molar-refractivity contribution in [3.63, 3.8) is 0 Å². The van der Waals surface area contributed by atoms with E-state index in [2.05, 4.69) is 20.4 Å². The van der Waals surface area contributed by atoms with Crippen LogP contribution in [0.3, 0.4) is 0 Å². The standard InChI is InChI=1S/C28H29FN6O5/c1-27(2)14-34(12-16-3-4-17(19(29)11-16)24-30-15-40-33-24)10-9-28(27,39)22-7-5-18-20(31-22)13-35(26(18)38)21-6-8-23(36)32-25(21)37/h3-5,7,11,15,21,39H,6,8-10,12-14H2,1-2H3,(H,32,36,37)/t21?,28-/m0/s1. The second kappa shape index (κ2) is 9.56. The normalized spacial score (nSPS) is 24.8. The van der Waals surface area contributed by atoms with Crippen molar-refractivity contribution >= 4 is 17.7 Å². The Morgan fingerprint density at radius 3 is 2.67 bits per heavy atom. The first kappa shape index (κ1) is 26.2. The molecule has 0 spiro atoms. The van der Waals surface area contributed by atoms with Crippen LogP contribution in [0.1, 0.15) is 60.4 Å². The van der Waals surface area contributed by atoms with Crippen LogP contribution in [0.5, 0.6) is 0 Å². The lowest BCUT2D eigenvalue weighted by Gasteiger charge is -2.50. The van der Waals surface area contributed by atoms with E-state index in [0.717, 1.165) is 12.0 Å². The maximum Gasteiger partial charge on any atom is 0.256 e. The smallest absolute Gasteiger partial charge is 0.256 e. The molecule has 2 fully saturated rings. The number of rotatable bonds is 5. The highest BCUT2D eigenvalue weighted by Gasteiger charge is 2.50. The van der Waals surface area contributed by atoms with Gasteiger partial charge in [0.15, 0.2) is 0 Å². The van der Waals surface area contributed by atoms with Gasteiger partial charge in [-0.2, -0.15) is 4.98 Å². The number of imide groups is 1. The Hall–Kier alpha value is -4.03. The SMILES string of the molecule is CC1(C)CN(Cc2ccc(-c3ncon3)c(F)c2)CC[C@]1(O)c1ccc2c(n1)CN(C1CCC(=O)NC1=O)C2=O. The lowest BCUT2D eigenvalue weighted by Crippen LogP contribution is -2.55. The Kier molecular flexibility index (Phi) is 6.26. The van der Waals surface area contributed by atoms with E-state index in [1.807, 2.05) is 19.9 Å². The maximum absolute atomic E-state index is 14.7. The highest BCUT2D eigenvalue weighted by atomic mass is 19.1. The Balaban J connectivity index is 1.17. The molecule has 3 aliphatic heterocycles. The highest BCUT2D eigenvalue weighted by molar-refractivity contribution is 6.05. The first-order valence-electron chi connectivity index (χ1n) is 13.2. The Labute approximate surface area is 229 Å². The van der Waals surface area contributed by atoms with E-state index in [1.165, 1.54) is 11.0 Å². The summed E-state index contributed by atoms with van der Waals surface area (Å²) in [6.45, 7) is 5.65. The molecule has 11 nitrogen and oxygen atoms in total. The van der Waals surface area contributed by atoms with E-state index < -0.39 is 28.8 Å². The average Bonchev–Trinajstić information content (AvgIpc) is 3.54. The Bertz CT molecular complexity index is 1510. The number of aliphatic hydroxyl groups is 1. The highest BCUT2D eigenvalue weighted by Crippen LogP contribution is 2.46. The molecule has 5 heterocycles. The maximum atomic E-state index is 14.7. The number of hydrogen-bond donors (Lipinski definition) is 2. The van der Waals surface area contributed by atoms with Crippen molar-refractivity contribution in [3.05, 3.63) is 65.1 Å². The molecule has 1 aromatic carbocycles. The number of nitrogens with zero attached hydrogens (tertiary/aromatic N) is 5. The fourth-order valence-electron chi connectivity index (χ4n) is 6.09. The molecule has 3 amide bonds. The fourth-order valence-corrected chi connectivity index (χ4v) is 6.09. The van der Waals surface area contributed by atoms with E-state index in [0.29, 0.717) is 43.0 Å². The quantitative estimate of drug-likeness (QED) is 0.459. The van der Waals surface area contributed by atoms with Crippen LogP contribution in [0.25, 0.3) is 11.4 Å². The Morgan fingerprint density at radius 1 is 1.18 bits per heavy atom. The van der Waals surface area contributed by atoms with Crippen LogP contribution in [0.4, 0.5) is 4.39 Å². The van der Waals surface area contributed by atoms with E-state index in [4.69, 9.17) is 9.51 Å². The molecule has 3 aromatic rings. The van der Waals surface area contributed by atoms with Gasteiger partial charge in [0.2, 0.25) is 24.0 Å². The Morgan fingerprint density at radius 2 is 1.98 bits per heavy atom. The largest absolute Gasteiger partial charge is 0.383 e. The van der Waals surface area contributed by atoms with Gasteiger partial charge in [0.1, 0.15) is 17.5 Å². The molecule has 2 N–H and O–H groups in total. The molecule has 2 atom stereocenters. The summed E-state index contributed by atoms with van der Waals surface area (Å²) in [7, 11) is 0. The molecule has 0 saturated carbocycles. The summed E-state index contributed by atoms with van der Waals surface area (Å²) in [5.74, 6) is -1.36. The number of pyridine rings is 1. The van der Waals surface area contributed by atoms with Gasteiger partial charge in [0.05, 0.1) is 29.1 Å². The van der Waals surface area contributed by atoms with Gasteiger partial charge in [0.25, 0.3) is 5.91 Å². The van der Waals surface area contributed by atoms with Gasteiger partial charge in [-0.3, -0.25) is 29.6 Å². The minimum absolute atomic E-state index is 0.141. The van der Waals surface area contributed by atoms with E-state index in [9.17, 15) is 23.9 Å². The second-order valence-electron chi connectivity index (χ2n) is 11.4. The van der Waals surface area contributed by atoms with Crippen molar-refractivity contribution in [3.8, 4) is 11.4 Å². The number of likely N-dealkylation sites (tertiary alicyclic amines) is 1. The molecule has 40 heavy (non-hydrogen) atoms. The summed E-state index contributed by atoms with van der Waals surface area (Å²) in [5, 5.41) is 17.9. The lowest BCUT2D eigenvalue weighted by atomic mass is 9.68. The van der Waals surface area contributed by atoms with Crippen LogP contribution in [0.15, 0.2) is 41.2 Å². The predicted molar refractivity (Wildman–Crippen MR) is 138 cm³/mol. The first-order valence-corrected chi connectivity index (χ1v) is 13.2. The number of hydrogen-bond acceptors (Lipinski definition) is 9. The van der Waals surface area contributed by atoms with Gasteiger partial charge in [-0.1, -0.05) is 25.1 Å². The third-order valence-electron chi connectivity index (χ3n) is 8.37. The van der Waals surface area contributed by atoms with Crippen LogP contribution < -0.4 is 5.32 Å². The summed E-state index contributed by atoms with van der Waals surface area (Å²) in [4.78, 5) is 49.2. The first-order chi connectivity index (χ1) is 19.1. The van der Waals surface area contributed by atoms with Crippen molar-refractivity contribution in [2.75, 3.05) is 13.1 Å². The minimum atomic E-state index is -1.27. The molecular weight excluding hydrogens is 519 g/mol. The summed E-state index contributed by atoms with van der Waals surface area (Å²) >= 11 is 0. The average molecular weight is 549 g/mol. The predicted octanol–water partition coefficient (Wildman–Crippen LogP) is 2.15. The summed E-state index contributed by atoms with van der Waals surface area (Å²) in [5.41, 5.74) is 0.551. The number of fused-ring (bicyclic) bond motifs is 1. The fraction of sp³-hybridized carbons (Fsp3) is 0.429. The zero-order valence-electron chi connectivity index (χ0n) is 22.2. The van der Waals surface area contributed by atoms with Crippen LogP contribution >= 0.6 is 0 Å². The monoisotopic (exact) mass is 548 g/mol. The van der Waals surface area contributed by atoms with Crippen molar-refractivity contribution in [2.45, 2.75) is 57.8 Å². The van der Waals surface area contributed by atoms with Crippen LogP contribution in [0, 0.1) is 11.2 Å². The van der Waals surface area contributed by atoms with E-state index in [1.54, 1.807) is 18.2 Å². The van der Waals surface area contributed by atoms with E-state index in [-0.39, 0.29) is 42.6 Å². The van der Waals surface area contributed by atoms with Crippen LogP contribution in [-0.2, 0) is 28.3 Å². The number of halogens is 1. The minimum Gasteiger partial charge on any atom is -0.383 e. The van der Waals surface area contributed by atoms with Gasteiger partial charge in [-0.05, 0) is 42.7 Å². The molecule has 12 heteroatoms. The molecular formula is C28H29FN6O5.